The highest BCUT2D eigenvalue weighted by Gasteiger charge is 2.35. The fraction of sp³-hybridized carbons (Fsp3) is 0.391. The summed E-state index contributed by atoms with van der Waals surface area (Å²) in [5, 5.41) is 2.74. The maximum atomic E-state index is 13.1. The van der Waals surface area contributed by atoms with Crippen LogP contribution in [0.4, 0.5) is 15.8 Å². The van der Waals surface area contributed by atoms with Crippen LogP contribution in [-0.4, -0.2) is 33.3 Å². The van der Waals surface area contributed by atoms with Crippen molar-refractivity contribution < 1.29 is 22.4 Å². The first-order valence-electron chi connectivity index (χ1n) is 10.8. The van der Waals surface area contributed by atoms with Crippen LogP contribution in [0.2, 0.25) is 0 Å². The SMILES string of the molecule is CCCCCCNS(=O)(=O)c1ccc(NC(=O)[C@H]2CC(=O)N(c3ccc(F)cc3)C2)cc1. The molecule has 1 heterocycles. The Morgan fingerprint density at radius 2 is 1.75 bits per heavy atom. The molecule has 2 aromatic rings. The normalized spacial score (nSPS) is 16.4. The average molecular weight is 462 g/mol. The van der Waals surface area contributed by atoms with E-state index in [0.29, 0.717) is 17.9 Å². The minimum atomic E-state index is -3.60. The first-order valence-corrected chi connectivity index (χ1v) is 12.2. The number of carbonyl (C=O) groups is 2. The van der Waals surface area contributed by atoms with Crippen LogP contribution in [0.15, 0.2) is 53.4 Å². The molecule has 7 nitrogen and oxygen atoms in total. The van der Waals surface area contributed by atoms with Crippen molar-refractivity contribution in [3.63, 3.8) is 0 Å². The fourth-order valence-corrected chi connectivity index (χ4v) is 4.63. The average Bonchev–Trinajstić information content (AvgIpc) is 3.16. The molecule has 1 aliphatic rings. The number of nitrogens with one attached hydrogen (secondary N) is 2. The van der Waals surface area contributed by atoms with Crippen molar-refractivity contribution in [2.24, 2.45) is 5.92 Å². The fourth-order valence-electron chi connectivity index (χ4n) is 3.56. The zero-order chi connectivity index (χ0) is 23.1. The van der Waals surface area contributed by atoms with Gasteiger partial charge in [0.15, 0.2) is 0 Å². The molecule has 0 spiro atoms. The molecule has 0 saturated carbocycles. The highest BCUT2D eigenvalue weighted by atomic mass is 32.2. The highest BCUT2D eigenvalue weighted by molar-refractivity contribution is 7.89. The number of hydrogen-bond acceptors (Lipinski definition) is 4. The first kappa shape index (κ1) is 23.9. The standard InChI is InChI=1S/C23H28FN3O4S/c1-2-3-4-5-14-25-32(30,31)21-12-8-19(9-13-21)26-23(29)17-15-22(28)27(16-17)20-10-6-18(24)7-11-20/h6-13,17,25H,2-5,14-16H2,1H3,(H,26,29)/t17-/m0/s1. The van der Waals surface area contributed by atoms with Crippen molar-refractivity contribution in [3.05, 3.63) is 54.3 Å². The number of amides is 2. The van der Waals surface area contributed by atoms with E-state index in [0.717, 1.165) is 25.7 Å². The van der Waals surface area contributed by atoms with Gasteiger partial charge in [-0.3, -0.25) is 9.59 Å². The summed E-state index contributed by atoms with van der Waals surface area (Å²) in [6, 6.07) is 11.5. The van der Waals surface area contributed by atoms with E-state index in [9.17, 15) is 22.4 Å². The smallest absolute Gasteiger partial charge is 0.240 e. The van der Waals surface area contributed by atoms with E-state index < -0.39 is 21.8 Å². The highest BCUT2D eigenvalue weighted by Crippen LogP contribution is 2.26. The van der Waals surface area contributed by atoms with Gasteiger partial charge in [-0.25, -0.2) is 17.5 Å². The summed E-state index contributed by atoms with van der Waals surface area (Å²) < 4.78 is 40.4. The van der Waals surface area contributed by atoms with Gasteiger partial charge in [-0.15, -0.1) is 0 Å². The van der Waals surface area contributed by atoms with E-state index in [1.807, 2.05) is 0 Å². The van der Waals surface area contributed by atoms with E-state index in [1.165, 1.54) is 53.4 Å². The van der Waals surface area contributed by atoms with Gasteiger partial charge >= 0.3 is 0 Å². The van der Waals surface area contributed by atoms with Gasteiger partial charge in [-0.1, -0.05) is 26.2 Å². The van der Waals surface area contributed by atoms with Crippen LogP contribution in [0.1, 0.15) is 39.0 Å². The van der Waals surface area contributed by atoms with Crippen molar-refractivity contribution in [1.29, 1.82) is 0 Å². The Balaban J connectivity index is 1.55. The lowest BCUT2D eigenvalue weighted by molar-refractivity contribution is -0.122. The Morgan fingerprint density at radius 1 is 1.06 bits per heavy atom. The molecule has 0 aromatic heterocycles. The van der Waals surface area contributed by atoms with Crippen LogP contribution in [0.5, 0.6) is 0 Å². The third-order valence-corrected chi connectivity index (χ3v) is 6.87. The van der Waals surface area contributed by atoms with E-state index in [-0.39, 0.29) is 29.7 Å². The molecule has 32 heavy (non-hydrogen) atoms. The van der Waals surface area contributed by atoms with Crippen LogP contribution < -0.4 is 14.9 Å². The Hall–Kier alpha value is -2.78. The van der Waals surface area contributed by atoms with Crippen LogP contribution in [-0.2, 0) is 19.6 Å². The summed E-state index contributed by atoms with van der Waals surface area (Å²) in [5.74, 6) is -1.48. The second kappa shape index (κ2) is 10.7. The molecule has 0 aliphatic carbocycles. The number of sulfonamides is 1. The monoisotopic (exact) mass is 461 g/mol. The molecular formula is C23H28FN3O4S. The van der Waals surface area contributed by atoms with Gasteiger partial charge in [0.25, 0.3) is 0 Å². The van der Waals surface area contributed by atoms with Crippen molar-refractivity contribution in [2.75, 3.05) is 23.3 Å². The number of benzene rings is 2. The van der Waals surface area contributed by atoms with Crippen molar-refractivity contribution in [2.45, 2.75) is 43.9 Å². The zero-order valence-electron chi connectivity index (χ0n) is 18.0. The number of carbonyl (C=O) groups excluding carboxylic acids is 2. The molecule has 0 bridgehead atoms. The summed E-state index contributed by atoms with van der Waals surface area (Å²) in [6.07, 6.45) is 3.98. The van der Waals surface area contributed by atoms with E-state index >= 15 is 0 Å². The molecule has 0 radical (unpaired) electrons. The largest absolute Gasteiger partial charge is 0.326 e. The predicted molar refractivity (Wildman–Crippen MR) is 121 cm³/mol. The van der Waals surface area contributed by atoms with Crippen LogP contribution in [0.3, 0.4) is 0 Å². The Morgan fingerprint density at radius 3 is 2.41 bits per heavy atom. The Kier molecular flexibility index (Phi) is 7.98. The summed E-state index contributed by atoms with van der Waals surface area (Å²) >= 11 is 0. The van der Waals surface area contributed by atoms with Gasteiger partial charge in [0.05, 0.1) is 10.8 Å². The van der Waals surface area contributed by atoms with E-state index in [2.05, 4.69) is 17.0 Å². The molecule has 2 N–H and O–H groups in total. The third-order valence-electron chi connectivity index (χ3n) is 5.39. The predicted octanol–water partition coefficient (Wildman–Crippen LogP) is 3.68. The quantitative estimate of drug-likeness (QED) is 0.528. The summed E-state index contributed by atoms with van der Waals surface area (Å²) in [7, 11) is -3.60. The lowest BCUT2D eigenvalue weighted by atomic mass is 10.1. The van der Waals surface area contributed by atoms with Crippen LogP contribution >= 0.6 is 0 Å². The molecule has 1 aliphatic heterocycles. The van der Waals surface area contributed by atoms with Crippen molar-refractivity contribution in [3.8, 4) is 0 Å². The van der Waals surface area contributed by atoms with Crippen LogP contribution in [0, 0.1) is 11.7 Å². The van der Waals surface area contributed by atoms with Gasteiger partial charge in [-0.05, 0) is 55.0 Å². The Labute approximate surface area is 188 Å². The second-order valence-electron chi connectivity index (χ2n) is 7.85. The summed E-state index contributed by atoms with van der Waals surface area (Å²) in [6.45, 7) is 2.68. The third kappa shape index (κ3) is 6.14. The van der Waals surface area contributed by atoms with Gasteiger partial charge < -0.3 is 10.2 Å². The van der Waals surface area contributed by atoms with Gasteiger partial charge in [0.1, 0.15) is 5.82 Å². The molecular weight excluding hydrogens is 433 g/mol. The number of halogens is 1. The summed E-state index contributed by atoms with van der Waals surface area (Å²) in [4.78, 5) is 26.5. The molecule has 2 aromatic carbocycles. The molecule has 0 unspecified atom stereocenters. The van der Waals surface area contributed by atoms with Crippen LogP contribution in [0.25, 0.3) is 0 Å². The molecule has 1 fully saturated rings. The van der Waals surface area contributed by atoms with E-state index in [4.69, 9.17) is 0 Å². The number of rotatable bonds is 10. The zero-order valence-corrected chi connectivity index (χ0v) is 18.8. The first-order chi connectivity index (χ1) is 15.3. The van der Waals surface area contributed by atoms with Gasteiger partial charge in [0, 0.05) is 30.9 Å². The minimum absolute atomic E-state index is 0.0532. The lowest BCUT2D eigenvalue weighted by Gasteiger charge is -2.16. The Bertz CT molecular complexity index is 1040. The van der Waals surface area contributed by atoms with Gasteiger partial charge in [-0.2, -0.15) is 0 Å². The van der Waals surface area contributed by atoms with Crippen molar-refractivity contribution in [1.82, 2.24) is 4.72 Å². The molecule has 1 saturated heterocycles. The number of nitrogens with zero attached hydrogens (tertiary/aromatic N) is 1. The number of unbranched alkanes of at least 4 members (excludes halogenated alkanes) is 3. The van der Waals surface area contributed by atoms with E-state index in [1.54, 1.807) is 0 Å². The molecule has 2 amide bonds. The molecule has 9 heteroatoms. The van der Waals surface area contributed by atoms with Gasteiger partial charge in [0.2, 0.25) is 21.8 Å². The maximum absolute atomic E-state index is 13.1. The maximum Gasteiger partial charge on any atom is 0.240 e. The molecule has 172 valence electrons. The van der Waals surface area contributed by atoms with Crippen molar-refractivity contribution >= 4 is 33.2 Å². The minimum Gasteiger partial charge on any atom is -0.326 e. The lowest BCUT2D eigenvalue weighted by Crippen LogP contribution is -2.28. The second-order valence-corrected chi connectivity index (χ2v) is 9.62. The summed E-state index contributed by atoms with van der Waals surface area (Å²) in [5.41, 5.74) is 0.994. The molecule has 3 rings (SSSR count). The number of hydrogen-bond donors (Lipinski definition) is 2. The topological polar surface area (TPSA) is 95.6 Å². The number of anilines is 2. The molecule has 1 atom stereocenters.